The van der Waals surface area contributed by atoms with Crippen LogP contribution in [0, 0.1) is 5.92 Å². The van der Waals surface area contributed by atoms with E-state index >= 15 is 0 Å². The normalized spacial score (nSPS) is 29.6. The first kappa shape index (κ1) is 14.4. The Morgan fingerprint density at radius 1 is 1.29 bits per heavy atom. The number of nitrogens with zero attached hydrogens (tertiary/aromatic N) is 1. The number of benzene rings is 1. The smallest absolute Gasteiger partial charge is 0.248 e. The van der Waals surface area contributed by atoms with E-state index in [1.54, 1.807) is 11.8 Å². The van der Waals surface area contributed by atoms with Crippen LogP contribution in [0.15, 0.2) is 30.3 Å². The van der Waals surface area contributed by atoms with Gasteiger partial charge in [-0.3, -0.25) is 9.59 Å². The topological polar surface area (TPSA) is 49.4 Å². The number of rotatable bonds is 3. The van der Waals surface area contributed by atoms with E-state index in [2.05, 4.69) is 5.32 Å². The zero-order chi connectivity index (χ0) is 14.8. The van der Waals surface area contributed by atoms with Gasteiger partial charge in [-0.2, -0.15) is 11.8 Å². The first-order valence-corrected chi connectivity index (χ1v) is 8.56. The molecule has 3 rings (SSSR count). The van der Waals surface area contributed by atoms with Gasteiger partial charge in [-0.15, -0.1) is 0 Å². The van der Waals surface area contributed by atoms with Crippen molar-refractivity contribution in [3.05, 3.63) is 35.9 Å². The summed E-state index contributed by atoms with van der Waals surface area (Å²) >= 11 is 1.93. The fraction of sp³-hybridized carbons (Fsp3) is 0.500. The lowest BCUT2D eigenvalue weighted by molar-refractivity contribution is -0.149. The van der Waals surface area contributed by atoms with E-state index in [1.807, 2.05) is 42.1 Å². The maximum Gasteiger partial charge on any atom is 0.248 e. The van der Waals surface area contributed by atoms with Gasteiger partial charge >= 0.3 is 0 Å². The molecule has 2 aliphatic rings. The molecule has 2 amide bonds. The Balaban J connectivity index is 1.88. The van der Waals surface area contributed by atoms with Crippen LogP contribution in [-0.4, -0.2) is 40.8 Å². The van der Waals surface area contributed by atoms with Crippen LogP contribution in [0.25, 0.3) is 0 Å². The highest BCUT2D eigenvalue weighted by Crippen LogP contribution is 2.30. The molecule has 0 spiro atoms. The first-order valence-electron chi connectivity index (χ1n) is 7.40. The van der Waals surface area contributed by atoms with Crippen LogP contribution in [0.1, 0.15) is 24.9 Å². The SMILES string of the molecule is CC1NC(=O)C(c2ccccc2)N(CC2CCSC2)C1=O. The molecule has 0 radical (unpaired) electrons. The van der Waals surface area contributed by atoms with Crippen LogP contribution in [0.2, 0.25) is 0 Å². The Morgan fingerprint density at radius 2 is 2.05 bits per heavy atom. The third-order valence-corrected chi connectivity index (χ3v) is 5.40. The maximum absolute atomic E-state index is 12.5. The Kier molecular flexibility index (Phi) is 4.19. The summed E-state index contributed by atoms with van der Waals surface area (Å²) in [4.78, 5) is 26.8. The van der Waals surface area contributed by atoms with E-state index < -0.39 is 12.1 Å². The Morgan fingerprint density at radius 3 is 2.71 bits per heavy atom. The van der Waals surface area contributed by atoms with Crippen molar-refractivity contribution >= 4 is 23.6 Å². The van der Waals surface area contributed by atoms with Crippen molar-refractivity contribution in [1.82, 2.24) is 10.2 Å². The van der Waals surface area contributed by atoms with Crippen LogP contribution in [-0.2, 0) is 9.59 Å². The molecule has 3 unspecified atom stereocenters. The predicted octanol–water partition coefficient (Wildman–Crippen LogP) is 1.83. The monoisotopic (exact) mass is 304 g/mol. The average Bonchev–Trinajstić information content (AvgIpc) is 2.98. The fourth-order valence-electron chi connectivity index (χ4n) is 3.04. The molecule has 5 heteroatoms. The summed E-state index contributed by atoms with van der Waals surface area (Å²) in [7, 11) is 0. The quantitative estimate of drug-likeness (QED) is 0.927. The zero-order valence-electron chi connectivity index (χ0n) is 12.1. The number of nitrogens with one attached hydrogen (secondary N) is 1. The van der Waals surface area contributed by atoms with Crippen LogP contribution >= 0.6 is 11.8 Å². The standard InChI is InChI=1S/C16H20N2O2S/c1-11-16(20)18(9-12-7-8-21-10-12)14(15(19)17-11)13-5-3-2-4-6-13/h2-6,11-12,14H,7-10H2,1H3,(H,17,19). The molecule has 2 aliphatic heterocycles. The lowest BCUT2D eigenvalue weighted by Crippen LogP contribution is -2.59. The molecule has 1 aromatic rings. The predicted molar refractivity (Wildman–Crippen MR) is 83.9 cm³/mol. The fourth-order valence-corrected chi connectivity index (χ4v) is 4.31. The highest BCUT2D eigenvalue weighted by Gasteiger charge is 2.40. The summed E-state index contributed by atoms with van der Waals surface area (Å²) in [6.07, 6.45) is 1.13. The summed E-state index contributed by atoms with van der Waals surface area (Å²) in [6.45, 7) is 2.45. The number of amides is 2. The summed E-state index contributed by atoms with van der Waals surface area (Å²) in [5.74, 6) is 2.70. The number of hydrogen-bond donors (Lipinski definition) is 1. The van der Waals surface area contributed by atoms with E-state index in [0.29, 0.717) is 12.5 Å². The minimum atomic E-state index is -0.486. The van der Waals surface area contributed by atoms with Crippen molar-refractivity contribution < 1.29 is 9.59 Å². The van der Waals surface area contributed by atoms with Gasteiger partial charge in [0.05, 0.1) is 0 Å². The van der Waals surface area contributed by atoms with Crippen LogP contribution in [0.5, 0.6) is 0 Å². The zero-order valence-corrected chi connectivity index (χ0v) is 12.9. The van der Waals surface area contributed by atoms with Gasteiger partial charge in [-0.25, -0.2) is 0 Å². The molecule has 1 N–H and O–H groups in total. The minimum Gasteiger partial charge on any atom is -0.342 e. The molecule has 2 saturated heterocycles. The van der Waals surface area contributed by atoms with Crippen LogP contribution in [0.4, 0.5) is 0 Å². The number of thioether (sulfide) groups is 1. The summed E-state index contributed by atoms with van der Waals surface area (Å²) in [5.41, 5.74) is 0.890. The number of hydrogen-bond acceptors (Lipinski definition) is 3. The number of piperazine rings is 1. The molecule has 4 nitrogen and oxygen atoms in total. The van der Waals surface area contributed by atoms with E-state index in [1.165, 1.54) is 0 Å². The summed E-state index contributed by atoms with van der Waals surface area (Å²) in [6, 6.07) is 8.68. The first-order chi connectivity index (χ1) is 10.2. The van der Waals surface area contributed by atoms with Crippen molar-refractivity contribution in [3.63, 3.8) is 0 Å². The van der Waals surface area contributed by atoms with Crippen molar-refractivity contribution in [1.29, 1.82) is 0 Å². The van der Waals surface area contributed by atoms with Crippen LogP contribution in [0.3, 0.4) is 0 Å². The van der Waals surface area contributed by atoms with Gasteiger partial charge in [0, 0.05) is 6.54 Å². The third-order valence-electron chi connectivity index (χ3n) is 4.17. The summed E-state index contributed by atoms with van der Waals surface area (Å²) < 4.78 is 0. The highest BCUT2D eigenvalue weighted by molar-refractivity contribution is 7.99. The largest absolute Gasteiger partial charge is 0.342 e. The molecule has 2 heterocycles. The number of carbonyl (C=O) groups is 2. The van der Waals surface area contributed by atoms with Crippen molar-refractivity contribution in [2.45, 2.75) is 25.4 Å². The Labute approximate surface area is 129 Å². The van der Waals surface area contributed by atoms with Gasteiger partial charge in [-0.05, 0) is 36.3 Å². The molecule has 0 aliphatic carbocycles. The third kappa shape index (κ3) is 2.93. The lowest BCUT2D eigenvalue weighted by atomic mass is 9.97. The molecule has 112 valence electrons. The van der Waals surface area contributed by atoms with Gasteiger partial charge < -0.3 is 10.2 Å². The van der Waals surface area contributed by atoms with Crippen molar-refractivity contribution in [2.24, 2.45) is 5.92 Å². The lowest BCUT2D eigenvalue weighted by Gasteiger charge is -2.39. The van der Waals surface area contributed by atoms with E-state index in [0.717, 1.165) is 23.5 Å². The number of carbonyl (C=O) groups excluding carboxylic acids is 2. The molecular weight excluding hydrogens is 284 g/mol. The molecule has 0 aromatic heterocycles. The second kappa shape index (κ2) is 6.10. The van der Waals surface area contributed by atoms with E-state index in [9.17, 15) is 9.59 Å². The van der Waals surface area contributed by atoms with Gasteiger partial charge in [0.25, 0.3) is 0 Å². The molecular formula is C16H20N2O2S. The summed E-state index contributed by atoms with van der Waals surface area (Å²) in [5, 5.41) is 2.80. The molecule has 1 aromatic carbocycles. The van der Waals surface area contributed by atoms with Crippen molar-refractivity contribution in [3.8, 4) is 0 Å². The van der Waals surface area contributed by atoms with Gasteiger partial charge in [-0.1, -0.05) is 30.3 Å². The Hall–Kier alpha value is -1.49. The van der Waals surface area contributed by atoms with E-state index in [-0.39, 0.29) is 11.8 Å². The van der Waals surface area contributed by atoms with E-state index in [4.69, 9.17) is 0 Å². The average molecular weight is 304 g/mol. The highest BCUT2D eigenvalue weighted by atomic mass is 32.2. The second-order valence-electron chi connectivity index (χ2n) is 5.76. The van der Waals surface area contributed by atoms with Gasteiger partial charge in [0.15, 0.2) is 0 Å². The minimum absolute atomic E-state index is 0.0281. The molecule has 3 atom stereocenters. The molecule has 21 heavy (non-hydrogen) atoms. The second-order valence-corrected chi connectivity index (χ2v) is 6.91. The molecule has 2 fully saturated rings. The van der Waals surface area contributed by atoms with Gasteiger partial charge in [0.2, 0.25) is 11.8 Å². The van der Waals surface area contributed by atoms with Crippen LogP contribution < -0.4 is 5.32 Å². The maximum atomic E-state index is 12.5. The Bertz CT molecular complexity index is 528. The van der Waals surface area contributed by atoms with Crippen molar-refractivity contribution in [2.75, 3.05) is 18.1 Å². The van der Waals surface area contributed by atoms with Gasteiger partial charge in [0.1, 0.15) is 12.1 Å². The molecule has 0 saturated carbocycles. The molecule has 0 bridgehead atoms.